The van der Waals surface area contributed by atoms with E-state index >= 15 is 0 Å². The minimum atomic E-state index is 0.639. The number of hydrogen-bond donors (Lipinski definition) is 1. The molecule has 2 fully saturated rings. The number of hydrogen-bond acceptors (Lipinski definition) is 1. The lowest BCUT2D eigenvalue weighted by molar-refractivity contribution is 0.374. The van der Waals surface area contributed by atoms with Gasteiger partial charge in [0.25, 0.3) is 0 Å². The van der Waals surface area contributed by atoms with Gasteiger partial charge in [-0.3, -0.25) is 0 Å². The zero-order chi connectivity index (χ0) is 14.7. The molecular weight excluding hydrogens is 254 g/mol. The van der Waals surface area contributed by atoms with Gasteiger partial charge in [0.2, 0.25) is 0 Å². The number of rotatable bonds is 5. The lowest BCUT2D eigenvalue weighted by atomic mass is 9.81. The van der Waals surface area contributed by atoms with E-state index in [-0.39, 0.29) is 0 Å². The van der Waals surface area contributed by atoms with E-state index in [9.17, 15) is 0 Å². The van der Waals surface area contributed by atoms with Crippen LogP contribution in [0.4, 0.5) is 0 Å². The van der Waals surface area contributed by atoms with Crippen molar-refractivity contribution in [2.75, 3.05) is 6.54 Å². The summed E-state index contributed by atoms with van der Waals surface area (Å²) in [5.74, 6) is 2.26. The molecule has 0 aliphatic heterocycles. The third-order valence-electron chi connectivity index (χ3n) is 5.44. The monoisotopic (exact) mass is 285 g/mol. The highest BCUT2D eigenvalue weighted by Crippen LogP contribution is 2.37. The smallest absolute Gasteiger partial charge is 0.00683 e. The molecule has 0 saturated heterocycles. The first-order valence-electron chi connectivity index (χ1n) is 9.07. The molecule has 116 valence electrons. The van der Waals surface area contributed by atoms with Crippen LogP contribution in [-0.2, 0) is 0 Å². The van der Waals surface area contributed by atoms with Crippen molar-refractivity contribution in [1.82, 2.24) is 5.32 Å². The van der Waals surface area contributed by atoms with Crippen LogP contribution >= 0.6 is 0 Å². The van der Waals surface area contributed by atoms with Crippen LogP contribution in [0.2, 0.25) is 0 Å². The molecule has 1 N–H and O–H groups in total. The van der Waals surface area contributed by atoms with Gasteiger partial charge in [-0.1, -0.05) is 57.4 Å². The molecule has 1 nitrogen and oxygen atoms in total. The predicted molar refractivity (Wildman–Crippen MR) is 90.9 cm³/mol. The van der Waals surface area contributed by atoms with Crippen molar-refractivity contribution in [1.29, 1.82) is 0 Å². The molecule has 1 aromatic rings. The van der Waals surface area contributed by atoms with Crippen LogP contribution in [-0.4, -0.2) is 12.6 Å². The Hall–Kier alpha value is -0.820. The quantitative estimate of drug-likeness (QED) is 0.731. The van der Waals surface area contributed by atoms with Crippen molar-refractivity contribution in [2.45, 2.75) is 76.7 Å². The second-order valence-electron chi connectivity index (χ2n) is 7.51. The minimum absolute atomic E-state index is 0.639. The highest BCUT2D eigenvalue weighted by molar-refractivity contribution is 5.28. The summed E-state index contributed by atoms with van der Waals surface area (Å²) in [5, 5.41) is 3.78. The molecule has 2 saturated carbocycles. The Morgan fingerprint density at radius 2 is 1.67 bits per heavy atom. The standard InChI is InChI=1S/C20H31N/c1-15(2)16-8-10-17(11-9-16)20-7-5-3-4-6-18(20)14-21-19-12-13-19/h8-11,15,18-21H,3-7,12-14H2,1-2H3. The summed E-state index contributed by atoms with van der Waals surface area (Å²) >= 11 is 0. The fourth-order valence-corrected chi connectivity index (χ4v) is 3.80. The van der Waals surface area contributed by atoms with Crippen molar-refractivity contribution in [2.24, 2.45) is 5.92 Å². The maximum Gasteiger partial charge on any atom is 0.00683 e. The number of benzene rings is 1. The molecule has 1 heteroatoms. The second kappa shape index (κ2) is 6.96. The molecule has 2 unspecified atom stereocenters. The van der Waals surface area contributed by atoms with Gasteiger partial charge >= 0.3 is 0 Å². The SMILES string of the molecule is CC(C)c1ccc(C2CCCCCC2CNC2CC2)cc1. The van der Waals surface area contributed by atoms with Gasteiger partial charge in [-0.2, -0.15) is 0 Å². The van der Waals surface area contributed by atoms with Crippen LogP contribution in [0.1, 0.15) is 81.8 Å². The zero-order valence-electron chi connectivity index (χ0n) is 13.8. The summed E-state index contributed by atoms with van der Waals surface area (Å²) in [4.78, 5) is 0. The van der Waals surface area contributed by atoms with Crippen molar-refractivity contribution in [3.05, 3.63) is 35.4 Å². The maximum absolute atomic E-state index is 3.78. The van der Waals surface area contributed by atoms with Gasteiger partial charge in [-0.15, -0.1) is 0 Å². The normalized spacial score (nSPS) is 26.8. The molecular formula is C20H31N. The van der Waals surface area contributed by atoms with Gasteiger partial charge in [0.05, 0.1) is 0 Å². The highest BCUT2D eigenvalue weighted by Gasteiger charge is 2.28. The van der Waals surface area contributed by atoms with Gasteiger partial charge in [0, 0.05) is 6.04 Å². The maximum atomic E-state index is 3.78. The fraction of sp³-hybridized carbons (Fsp3) is 0.700. The topological polar surface area (TPSA) is 12.0 Å². The second-order valence-corrected chi connectivity index (χ2v) is 7.51. The Labute approximate surface area is 130 Å². The van der Waals surface area contributed by atoms with E-state index in [0.717, 1.165) is 17.9 Å². The largest absolute Gasteiger partial charge is 0.314 e. The van der Waals surface area contributed by atoms with Gasteiger partial charge in [0.15, 0.2) is 0 Å². The minimum Gasteiger partial charge on any atom is -0.314 e. The van der Waals surface area contributed by atoms with E-state index in [0.29, 0.717) is 5.92 Å². The van der Waals surface area contributed by atoms with Gasteiger partial charge < -0.3 is 5.32 Å². The first-order chi connectivity index (χ1) is 10.2. The predicted octanol–water partition coefficient (Wildman–Crippen LogP) is 5.23. The van der Waals surface area contributed by atoms with E-state index in [1.807, 2.05) is 0 Å². The number of nitrogens with one attached hydrogen (secondary N) is 1. The van der Waals surface area contributed by atoms with E-state index in [2.05, 4.69) is 43.4 Å². The average molecular weight is 285 g/mol. The summed E-state index contributed by atoms with van der Waals surface area (Å²) < 4.78 is 0. The van der Waals surface area contributed by atoms with Gasteiger partial charge in [-0.05, 0) is 61.1 Å². The zero-order valence-corrected chi connectivity index (χ0v) is 13.8. The molecule has 2 aliphatic carbocycles. The Kier molecular flexibility index (Phi) is 5.00. The summed E-state index contributed by atoms with van der Waals surface area (Å²) in [7, 11) is 0. The first kappa shape index (κ1) is 15.1. The van der Waals surface area contributed by atoms with Crippen molar-refractivity contribution in [3.63, 3.8) is 0 Å². The fourth-order valence-electron chi connectivity index (χ4n) is 3.80. The Morgan fingerprint density at radius 1 is 0.952 bits per heavy atom. The van der Waals surface area contributed by atoms with Crippen LogP contribution in [0, 0.1) is 5.92 Å². The molecule has 2 atom stereocenters. The van der Waals surface area contributed by atoms with Crippen LogP contribution < -0.4 is 5.32 Å². The van der Waals surface area contributed by atoms with Crippen molar-refractivity contribution in [3.8, 4) is 0 Å². The van der Waals surface area contributed by atoms with E-state index < -0.39 is 0 Å². The Balaban J connectivity index is 1.70. The van der Waals surface area contributed by atoms with Crippen molar-refractivity contribution >= 4 is 0 Å². The molecule has 3 rings (SSSR count). The molecule has 0 aromatic heterocycles. The summed E-state index contributed by atoms with van der Waals surface area (Å²) in [6.45, 7) is 5.80. The Bertz CT molecular complexity index is 430. The summed E-state index contributed by atoms with van der Waals surface area (Å²) in [6, 6.07) is 10.4. The molecule has 1 aromatic carbocycles. The average Bonchev–Trinajstić information content (AvgIpc) is 3.32. The molecule has 0 spiro atoms. The first-order valence-corrected chi connectivity index (χ1v) is 9.07. The third-order valence-corrected chi connectivity index (χ3v) is 5.44. The highest BCUT2D eigenvalue weighted by atomic mass is 14.9. The van der Waals surface area contributed by atoms with Crippen LogP contribution in [0.25, 0.3) is 0 Å². The molecule has 0 radical (unpaired) electrons. The van der Waals surface area contributed by atoms with Crippen molar-refractivity contribution < 1.29 is 0 Å². The lowest BCUT2D eigenvalue weighted by Gasteiger charge is -2.26. The van der Waals surface area contributed by atoms with E-state index in [1.165, 1.54) is 57.1 Å². The molecule has 21 heavy (non-hydrogen) atoms. The molecule has 0 heterocycles. The summed E-state index contributed by atoms with van der Waals surface area (Å²) in [5.41, 5.74) is 3.06. The lowest BCUT2D eigenvalue weighted by Crippen LogP contribution is -2.28. The molecule has 0 bridgehead atoms. The van der Waals surface area contributed by atoms with Crippen LogP contribution in [0.5, 0.6) is 0 Å². The molecule has 0 amide bonds. The van der Waals surface area contributed by atoms with Gasteiger partial charge in [-0.25, -0.2) is 0 Å². The summed E-state index contributed by atoms with van der Waals surface area (Å²) in [6.07, 6.45) is 9.88. The van der Waals surface area contributed by atoms with Crippen LogP contribution in [0.3, 0.4) is 0 Å². The molecule has 2 aliphatic rings. The van der Waals surface area contributed by atoms with E-state index in [4.69, 9.17) is 0 Å². The third kappa shape index (κ3) is 4.10. The van der Waals surface area contributed by atoms with Gasteiger partial charge in [0.1, 0.15) is 0 Å². The Morgan fingerprint density at radius 3 is 2.33 bits per heavy atom. The van der Waals surface area contributed by atoms with Crippen LogP contribution in [0.15, 0.2) is 24.3 Å². The van der Waals surface area contributed by atoms with E-state index in [1.54, 1.807) is 5.56 Å².